The van der Waals surface area contributed by atoms with Gasteiger partial charge in [-0.3, -0.25) is 0 Å². The van der Waals surface area contributed by atoms with Crippen molar-refractivity contribution < 1.29 is 19.2 Å². The Bertz CT molecular complexity index is 785. The van der Waals surface area contributed by atoms with Crippen LogP contribution in [0.2, 0.25) is 0 Å². The quantitative estimate of drug-likeness (QED) is 0.739. The van der Waals surface area contributed by atoms with E-state index >= 15 is 0 Å². The van der Waals surface area contributed by atoms with Gasteiger partial charge in [0.05, 0.1) is 0 Å². The average Bonchev–Trinajstić information content (AvgIpc) is 3.01. The Kier molecular flexibility index (Phi) is 5.58. The van der Waals surface area contributed by atoms with Crippen LogP contribution in [-0.2, 0) is 26.0 Å². The first kappa shape index (κ1) is 21.2. The number of benzene rings is 1. The highest BCUT2D eigenvalue weighted by molar-refractivity contribution is 5.66. The molecular weight excluding hydrogens is 342 g/mol. The van der Waals surface area contributed by atoms with Crippen molar-refractivity contribution in [2.24, 2.45) is 0 Å². The molecular formula is C22H31NO4. The number of phenols is 1. The topological polar surface area (TPSA) is 72.6 Å². The lowest BCUT2D eigenvalue weighted by Gasteiger charge is -2.28. The van der Waals surface area contributed by atoms with Crippen LogP contribution >= 0.6 is 0 Å². The summed E-state index contributed by atoms with van der Waals surface area (Å²) in [5.41, 5.74) is 2.07. The Balaban J connectivity index is 2.58. The summed E-state index contributed by atoms with van der Waals surface area (Å²) in [7, 11) is 0. The highest BCUT2D eigenvalue weighted by Crippen LogP contribution is 2.42. The van der Waals surface area contributed by atoms with Gasteiger partial charge in [-0.2, -0.15) is 0 Å². The van der Waals surface area contributed by atoms with E-state index in [4.69, 9.17) is 9.26 Å². The van der Waals surface area contributed by atoms with Gasteiger partial charge in [-0.25, -0.2) is 0 Å². The molecule has 0 aliphatic rings. The number of ether oxygens (including phenoxy) is 1. The van der Waals surface area contributed by atoms with Crippen molar-refractivity contribution in [1.82, 2.24) is 5.16 Å². The molecule has 2 aromatic rings. The Morgan fingerprint density at radius 1 is 1.00 bits per heavy atom. The van der Waals surface area contributed by atoms with Gasteiger partial charge in [-0.15, -0.1) is 0 Å². The largest absolute Gasteiger partial charge is 0.507 e. The van der Waals surface area contributed by atoms with Crippen molar-refractivity contribution in [2.75, 3.05) is 6.61 Å². The first-order valence-corrected chi connectivity index (χ1v) is 9.20. The van der Waals surface area contributed by atoms with Crippen LogP contribution in [0.3, 0.4) is 0 Å². The fourth-order valence-electron chi connectivity index (χ4n) is 2.93. The van der Waals surface area contributed by atoms with Crippen molar-refractivity contribution >= 4 is 6.29 Å². The molecule has 0 amide bonds. The van der Waals surface area contributed by atoms with Crippen LogP contribution in [0.4, 0.5) is 0 Å². The van der Waals surface area contributed by atoms with E-state index in [2.05, 4.69) is 46.7 Å². The Labute approximate surface area is 161 Å². The summed E-state index contributed by atoms with van der Waals surface area (Å²) in [5, 5.41) is 15.1. The van der Waals surface area contributed by atoms with Gasteiger partial charge in [0.25, 0.3) is 0 Å². The Hall–Kier alpha value is -2.14. The maximum Gasteiger partial charge on any atom is 0.168 e. The second kappa shape index (κ2) is 7.12. The van der Waals surface area contributed by atoms with Crippen LogP contribution in [0.1, 0.15) is 72.3 Å². The van der Waals surface area contributed by atoms with E-state index in [-0.39, 0.29) is 17.4 Å². The molecule has 1 heterocycles. The Morgan fingerprint density at radius 3 is 1.96 bits per heavy atom. The fourth-order valence-corrected chi connectivity index (χ4v) is 2.93. The zero-order valence-corrected chi connectivity index (χ0v) is 17.6. The summed E-state index contributed by atoms with van der Waals surface area (Å²) in [6, 6.07) is 5.76. The predicted molar refractivity (Wildman–Crippen MR) is 106 cm³/mol. The highest BCUT2D eigenvalue weighted by Gasteiger charge is 2.29. The maximum absolute atomic E-state index is 10.9. The maximum atomic E-state index is 10.9. The zero-order chi connectivity index (χ0) is 20.6. The monoisotopic (exact) mass is 373 g/mol. The van der Waals surface area contributed by atoms with Gasteiger partial charge in [-0.1, -0.05) is 46.7 Å². The number of carbonyl (C=O) groups is 1. The van der Waals surface area contributed by atoms with Gasteiger partial charge in [0, 0.05) is 22.8 Å². The molecule has 0 fully saturated rings. The lowest BCUT2D eigenvalue weighted by atomic mass is 9.78. The average molecular weight is 373 g/mol. The summed E-state index contributed by atoms with van der Waals surface area (Å²) in [5.74, 6) is 0.874. The molecule has 0 spiro atoms. The molecule has 0 radical (unpaired) electrons. The van der Waals surface area contributed by atoms with Crippen LogP contribution in [0.5, 0.6) is 5.75 Å². The lowest BCUT2D eigenvalue weighted by molar-refractivity contribution is -0.119. The number of hydrogen-bond acceptors (Lipinski definition) is 5. The molecule has 0 unspecified atom stereocenters. The molecule has 5 nitrogen and oxygen atoms in total. The van der Waals surface area contributed by atoms with Crippen molar-refractivity contribution in [3.05, 3.63) is 35.1 Å². The summed E-state index contributed by atoms with van der Waals surface area (Å²) >= 11 is 0. The third-order valence-electron chi connectivity index (χ3n) is 4.64. The number of nitrogens with zero attached hydrogens (tertiary/aromatic N) is 1. The molecule has 0 saturated heterocycles. The summed E-state index contributed by atoms with van der Waals surface area (Å²) in [6.45, 7) is 16.1. The van der Waals surface area contributed by atoms with Crippen molar-refractivity contribution in [3.8, 4) is 17.0 Å². The van der Waals surface area contributed by atoms with Gasteiger partial charge in [-0.05, 0) is 36.8 Å². The second-order valence-electron chi connectivity index (χ2n) is 9.48. The van der Waals surface area contributed by atoms with Crippen LogP contribution in [0.15, 0.2) is 22.7 Å². The van der Waals surface area contributed by atoms with E-state index in [0.717, 1.165) is 16.7 Å². The van der Waals surface area contributed by atoms with E-state index in [1.807, 2.05) is 32.0 Å². The number of rotatable bonds is 5. The highest BCUT2D eigenvalue weighted by atomic mass is 16.5. The smallest absolute Gasteiger partial charge is 0.168 e. The van der Waals surface area contributed by atoms with Crippen molar-refractivity contribution in [1.29, 1.82) is 0 Å². The molecule has 0 aliphatic carbocycles. The van der Waals surface area contributed by atoms with Crippen LogP contribution < -0.4 is 0 Å². The third kappa shape index (κ3) is 4.59. The number of hydrogen-bond donors (Lipinski definition) is 1. The van der Waals surface area contributed by atoms with Crippen LogP contribution in [-0.4, -0.2) is 23.2 Å². The van der Waals surface area contributed by atoms with Crippen LogP contribution in [0.25, 0.3) is 11.3 Å². The molecule has 0 aliphatic heterocycles. The molecule has 1 N–H and O–H groups in total. The van der Waals surface area contributed by atoms with E-state index in [1.54, 1.807) is 0 Å². The van der Waals surface area contributed by atoms with Crippen molar-refractivity contribution in [3.63, 3.8) is 0 Å². The predicted octanol–water partition coefficient (Wildman–Crippen LogP) is 5.09. The minimum Gasteiger partial charge on any atom is -0.507 e. The van der Waals surface area contributed by atoms with E-state index < -0.39 is 5.60 Å². The SMILES string of the molecule is CC(C)(C)c1cc(-c2cc(C(C)(C)OCC=O)on2)cc(C(C)(C)C)c1O. The van der Waals surface area contributed by atoms with Gasteiger partial charge in [0.15, 0.2) is 5.76 Å². The molecule has 5 heteroatoms. The number of carbonyl (C=O) groups excluding carboxylic acids is 1. The van der Waals surface area contributed by atoms with Gasteiger partial charge in [0.1, 0.15) is 29.9 Å². The van der Waals surface area contributed by atoms with Gasteiger partial charge < -0.3 is 19.2 Å². The standard InChI is InChI=1S/C22H31NO4/c1-20(2,3)15-11-14(12-16(19(15)25)21(4,5)6)17-13-18(27-23-17)22(7,8)26-10-9-24/h9,11-13,25H,10H2,1-8H3. The molecule has 1 aromatic carbocycles. The molecule has 0 saturated carbocycles. The van der Waals surface area contributed by atoms with Crippen molar-refractivity contribution in [2.45, 2.75) is 71.8 Å². The normalized spacial score (nSPS) is 13.0. The first-order valence-electron chi connectivity index (χ1n) is 9.20. The molecule has 27 heavy (non-hydrogen) atoms. The fraction of sp³-hybridized carbons (Fsp3) is 0.545. The van der Waals surface area contributed by atoms with E-state index in [0.29, 0.717) is 23.5 Å². The number of aromatic hydroxyl groups is 1. The molecule has 1 aromatic heterocycles. The van der Waals surface area contributed by atoms with E-state index in [9.17, 15) is 9.90 Å². The zero-order valence-electron chi connectivity index (χ0n) is 17.6. The lowest BCUT2D eigenvalue weighted by Crippen LogP contribution is -2.21. The number of aromatic nitrogens is 1. The number of aldehydes is 1. The Morgan fingerprint density at radius 2 is 1.52 bits per heavy atom. The van der Waals surface area contributed by atoms with Gasteiger partial charge in [0.2, 0.25) is 0 Å². The molecule has 0 bridgehead atoms. The second-order valence-corrected chi connectivity index (χ2v) is 9.48. The summed E-state index contributed by atoms with van der Waals surface area (Å²) < 4.78 is 11.1. The molecule has 2 rings (SSSR count). The summed E-state index contributed by atoms with van der Waals surface area (Å²) in [6.07, 6.45) is 0.713. The molecule has 148 valence electrons. The van der Waals surface area contributed by atoms with Gasteiger partial charge >= 0.3 is 0 Å². The minimum absolute atomic E-state index is 0.00934. The molecule has 0 atom stereocenters. The minimum atomic E-state index is -0.761. The van der Waals surface area contributed by atoms with Crippen LogP contribution in [0, 0.1) is 0 Å². The third-order valence-corrected chi connectivity index (χ3v) is 4.64. The van der Waals surface area contributed by atoms with E-state index in [1.165, 1.54) is 0 Å². The number of phenolic OH excluding ortho intramolecular Hbond substituents is 1. The first-order chi connectivity index (χ1) is 12.3. The summed E-state index contributed by atoms with van der Waals surface area (Å²) in [4.78, 5) is 10.6.